The Balaban J connectivity index is 1.57. The van der Waals surface area contributed by atoms with E-state index in [1.807, 2.05) is 25.1 Å². The predicted molar refractivity (Wildman–Crippen MR) is 127 cm³/mol. The van der Waals surface area contributed by atoms with Crippen LogP contribution in [0, 0.1) is 5.41 Å². The molecule has 0 amide bonds. The van der Waals surface area contributed by atoms with E-state index in [0.717, 1.165) is 60.5 Å². The average molecular weight is 447 g/mol. The third-order valence-corrected chi connectivity index (χ3v) is 5.31. The maximum absolute atomic E-state index is 7.93. The van der Waals surface area contributed by atoms with Crippen LogP contribution in [0.3, 0.4) is 0 Å². The Hall–Kier alpha value is -2.24. The maximum Gasteiger partial charge on any atom is 0.213 e. The van der Waals surface area contributed by atoms with E-state index in [4.69, 9.17) is 33.3 Å². The summed E-state index contributed by atoms with van der Waals surface area (Å²) >= 11 is 11.8. The highest BCUT2D eigenvalue weighted by molar-refractivity contribution is 6.18. The van der Waals surface area contributed by atoms with Gasteiger partial charge in [-0.25, -0.2) is 4.98 Å². The molecule has 2 N–H and O–H groups in total. The fraction of sp³-hybridized carbons (Fsp3) is 0.391. The van der Waals surface area contributed by atoms with E-state index < -0.39 is 0 Å². The average Bonchev–Trinajstić information content (AvgIpc) is 3.16. The van der Waals surface area contributed by atoms with E-state index in [2.05, 4.69) is 39.1 Å². The summed E-state index contributed by atoms with van der Waals surface area (Å²) in [6.07, 6.45) is 2.87. The fourth-order valence-electron chi connectivity index (χ4n) is 3.46. The Morgan fingerprint density at radius 2 is 1.80 bits per heavy atom. The number of benzene rings is 2. The number of aryl methyl sites for hydroxylation is 2. The van der Waals surface area contributed by atoms with E-state index >= 15 is 0 Å². The topological polar surface area (TPSA) is 65.0 Å². The van der Waals surface area contributed by atoms with Crippen LogP contribution >= 0.6 is 23.2 Å². The van der Waals surface area contributed by atoms with Crippen molar-refractivity contribution in [3.05, 3.63) is 59.4 Å². The van der Waals surface area contributed by atoms with Gasteiger partial charge in [0.25, 0.3) is 0 Å². The molecule has 1 heterocycles. The number of nitrogens with one attached hydrogen (secondary N) is 2. The molecule has 2 aromatic carbocycles. The third-order valence-electron chi connectivity index (χ3n) is 4.97. The minimum absolute atomic E-state index is 0.189. The molecule has 3 aromatic rings. The van der Waals surface area contributed by atoms with Crippen LogP contribution in [-0.4, -0.2) is 47.3 Å². The van der Waals surface area contributed by atoms with Crippen LogP contribution in [0.5, 0.6) is 0 Å². The zero-order chi connectivity index (χ0) is 21.3. The molecule has 160 valence electrons. The van der Waals surface area contributed by atoms with Crippen molar-refractivity contribution >= 4 is 45.8 Å². The van der Waals surface area contributed by atoms with Crippen molar-refractivity contribution in [2.24, 2.45) is 0 Å². The van der Waals surface area contributed by atoms with Crippen LogP contribution in [-0.2, 0) is 17.6 Å². The van der Waals surface area contributed by atoms with Gasteiger partial charge in [-0.3, -0.25) is 5.41 Å². The molecular weight excluding hydrogens is 419 g/mol. The Kier molecular flexibility index (Phi) is 8.40. The number of alkyl halides is 2. The minimum Gasteiger partial charge on any atom is -0.478 e. The lowest BCUT2D eigenvalue weighted by Gasteiger charge is -2.23. The smallest absolute Gasteiger partial charge is 0.213 e. The van der Waals surface area contributed by atoms with Crippen LogP contribution < -0.4 is 4.90 Å². The molecule has 0 radical (unpaired) electrons. The Bertz CT molecular complexity index is 949. The number of imidazole rings is 1. The Morgan fingerprint density at radius 1 is 1.07 bits per heavy atom. The lowest BCUT2D eigenvalue weighted by atomic mass is 10.1. The van der Waals surface area contributed by atoms with Gasteiger partial charge < -0.3 is 14.6 Å². The normalized spacial score (nSPS) is 11.0. The van der Waals surface area contributed by atoms with E-state index in [1.165, 1.54) is 5.56 Å². The van der Waals surface area contributed by atoms with Crippen molar-refractivity contribution < 1.29 is 4.74 Å². The summed E-state index contributed by atoms with van der Waals surface area (Å²) in [5.74, 6) is 2.33. The molecule has 0 bridgehead atoms. The van der Waals surface area contributed by atoms with Gasteiger partial charge in [-0.2, -0.15) is 0 Å². The first kappa shape index (κ1) is 22.4. The molecule has 0 fully saturated rings. The van der Waals surface area contributed by atoms with Gasteiger partial charge >= 0.3 is 0 Å². The molecule has 0 spiro atoms. The van der Waals surface area contributed by atoms with Crippen LogP contribution in [0.2, 0.25) is 0 Å². The zero-order valence-corrected chi connectivity index (χ0v) is 18.8. The zero-order valence-electron chi connectivity index (χ0n) is 17.3. The molecule has 0 aliphatic heterocycles. The number of ether oxygens (including phenoxy) is 1. The molecule has 5 nitrogen and oxygen atoms in total. The van der Waals surface area contributed by atoms with E-state index in [0.29, 0.717) is 18.4 Å². The Labute approximate surface area is 187 Å². The van der Waals surface area contributed by atoms with Crippen LogP contribution in [0.1, 0.15) is 30.3 Å². The molecule has 0 aliphatic carbocycles. The highest BCUT2D eigenvalue weighted by Crippen LogP contribution is 2.18. The van der Waals surface area contributed by atoms with Crippen molar-refractivity contribution in [2.45, 2.75) is 26.2 Å². The van der Waals surface area contributed by atoms with E-state index in [9.17, 15) is 0 Å². The van der Waals surface area contributed by atoms with Crippen molar-refractivity contribution in [3.8, 4) is 0 Å². The molecular formula is C23H28Cl2N4O. The van der Waals surface area contributed by atoms with Gasteiger partial charge in [0.1, 0.15) is 5.82 Å². The minimum atomic E-state index is 0.189. The molecule has 0 saturated carbocycles. The van der Waals surface area contributed by atoms with Crippen molar-refractivity contribution in [3.63, 3.8) is 0 Å². The monoisotopic (exact) mass is 446 g/mol. The first-order chi connectivity index (χ1) is 14.6. The van der Waals surface area contributed by atoms with E-state index in [-0.39, 0.29) is 5.90 Å². The number of rotatable bonds is 11. The second-order valence-electron chi connectivity index (χ2n) is 7.06. The summed E-state index contributed by atoms with van der Waals surface area (Å²) in [6, 6.07) is 14.4. The molecule has 1 aromatic heterocycles. The number of anilines is 1. The van der Waals surface area contributed by atoms with Gasteiger partial charge in [0.2, 0.25) is 5.90 Å². The van der Waals surface area contributed by atoms with Gasteiger partial charge in [-0.1, -0.05) is 12.1 Å². The molecule has 0 saturated heterocycles. The first-order valence-corrected chi connectivity index (χ1v) is 11.4. The van der Waals surface area contributed by atoms with Gasteiger partial charge in [0.15, 0.2) is 0 Å². The van der Waals surface area contributed by atoms with Gasteiger partial charge in [0.05, 0.1) is 17.6 Å². The standard InChI is InChI=1S/C23H28Cl2N4O/c1-2-30-23(26)18-8-11-20-21(16-18)28-22(27-20)5-3-4-17-6-9-19(10-7-17)29(14-12-24)15-13-25/h6-11,16,26H,2-5,12-15H2,1H3,(H,27,28). The third kappa shape index (κ3) is 5.89. The number of aromatic nitrogens is 2. The molecule has 0 unspecified atom stereocenters. The number of aromatic amines is 1. The van der Waals surface area contributed by atoms with Crippen molar-refractivity contribution in [2.75, 3.05) is 36.4 Å². The van der Waals surface area contributed by atoms with Crippen molar-refractivity contribution in [1.29, 1.82) is 5.41 Å². The van der Waals surface area contributed by atoms with Crippen molar-refractivity contribution in [1.82, 2.24) is 9.97 Å². The van der Waals surface area contributed by atoms with Crippen LogP contribution in [0.15, 0.2) is 42.5 Å². The summed E-state index contributed by atoms with van der Waals surface area (Å²) in [5.41, 5.74) is 5.08. The van der Waals surface area contributed by atoms with Crippen LogP contribution in [0.4, 0.5) is 5.69 Å². The van der Waals surface area contributed by atoms with Gasteiger partial charge in [-0.15, -0.1) is 23.2 Å². The molecule has 0 aliphatic rings. The second-order valence-corrected chi connectivity index (χ2v) is 7.82. The summed E-state index contributed by atoms with van der Waals surface area (Å²) in [5, 5.41) is 7.93. The molecule has 7 heteroatoms. The summed E-state index contributed by atoms with van der Waals surface area (Å²) in [6.45, 7) is 3.96. The van der Waals surface area contributed by atoms with E-state index in [1.54, 1.807) is 0 Å². The number of nitrogens with zero attached hydrogens (tertiary/aromatic N) is 2. The van der Waals surface area contributed by atoms with Crippen LogP contribution in [0.25, 0.3) is 11.0 Å². The quantitative estimate of drug-likeness (QED) is 0.236. The summed E-state index contributed by atoms with van der Waals surface area (Å²) in [7, 11) is 0. The maximum atomic E-state index is 7.93. The summed E-state index contributed by atoms with van der Waals surface area (Å²) < 4.78 is 5.28. The largest absolute Gasteiger partial charge is 0.478 e. The number of fused-ring (bicyclic) bond motifs is 1. The fourth-order valence-corrected chi connectivity index (χ4v) is 3.87. The first-order valence-electron chi connectivity index (χ1n) is 10.3. The highest BCUT2D eigenvalue weighted by atomic mass is 35.5. The van der Waals surface area contributed by atoms with Gasteiger partial charge in [0, 0.05) is 42.5 Å². The number of H-pyrrole nitrogens is 1. The molecule has 30 heavy (non-hydrogen) atoms. The number of hydrogen-bond acceptors (Lipinski definition) is 4. The Morgan fingerprint density at radius 3 is 2.47 bits per heavy atom. The summed E-state index contributed by atoms with van der Waals surface area (Å²) in [4.78, 5) is 10.3. The van der Waals surface area contributed by atoms with Gasteiger partial charge in [-0.05, 0) is 55.7 Å². The SMILES string of the molecule is CCOC(=N)c1ccc2nc(CCCc3ccc(N(CCCl)CCCl)cc3)[nH]c2c1. The lowest BCUT2D eigenvalue weighted by molar-refractivity contribution is 0.325. The number of halogens is 2. The second kappa shape index (κ2) is 11.2. The lowest BCUT2D eigenvalue weighted by Crippen LogP contribution is -2.27. The highest BCUT2D eigenvalue weighted by Gasteiger charge is 2.08. The predicted octanol–water partition coefficient (Wildman–Crippen LogP) is 5.38. The molecule has 3 rings (SSSR count). The number of hydrogen-bond donors (Lipinski definition) is 2. The molecule has 0 atom stereocenters.